The van der Waals surface area contributed by atoms with Crippen LogP contribution in [0.5, 0.6) is 0 Å². The lowest BCUT2D eigenvalue weighted by molar-refractivity contribution is 0.173. The molecule has 3 aromatic rings. The Labute approximate surface area is 147 Å². The SMILES string of the molecule is N=C(Cc1noc2ccccc12)N1CCN(Cc2ccccc2)CC1. The summed E-state index contributed by atoms with van der Waals surface area (Å²) in [5.41, 5.74) is 2.99. The first kappa shape index (κ1) is 15.8. The van der Waals surface area contributed by atoms with Crippen molar-refractivity contribution in [3.8, 4) is 0 Å². The number of amidine groups is 1. The van der Waals surface area contributed by atoms with Crippen LogP contribution in [-0.2, 0) is 13.0 Å². The van der Waals surface area contributed by atoms with E-state index < -0.39 is 0 Å². The highest BCUT2D eigenvalue weighted by Gasteiger charge is 2.20. The maximum atomic E-state index is 8.45. The van der Waals surface area contributed by atoms with Crippen molar-refractivity contribution >= 4 is 16.8 Å². The third-order valence-corrected chi connectivity index (χ3v) is 4.79. The van der Waals surface area contributed by atoms with E-state index in [1.54, 1.807) is 0 Å². The molecule has 1 saturated heterocycles. The normalized spacial score (nSPS) is 15.6. The van der Waals surface area contributed by atoms with Crippen molar-refractivity contribution in [2.24, 2.45) is 0 Å². The second-order valence-electron chi connectivity index (χ2n) is 6.50. The van der Waals surface area contributed by atoms with Crippen molar-refractivity contribution < 1.29 is 4.52 Å². The van der Waals surface area contributed by atoms with Gasteiger partial charge in [-0.1, -0.05) is 47.6 Å². The van der Waals surface area contributed by atoms with E-state index in [2.05, 4.69) is 45.3 Å². The summed E-state index contributed by atoms with van der Waals surface area (Å²) in [5.74, 6) is 0.624. The molecule has 1 fully saturated rings. The fourth-order valence-electron chi connectivity index (χ4n) is 3.35. The number of nitrogens with zero attached hydrogens (tertiary/aromatic N) is 3. The molecule has 0 saturated carbocycles. The highest BCUT2D eigenvalue weighted by Crippen LogP contribution is 2.19. The van der Waals surface area contributed by atoms with Crippen LogP contribution in [-0.4, -0.2) is 47.0 Å². The third-order valence-electron chi connectivity index (χ3n) is 4.79. The molecule has 0 aliphatic carbocycles. The van der Waals surface area contributed by atoms with Gasteiger partial charge in [0.2, 0.25) is 0 Å². The summed E-state index contributed by atoms with van der Waals surface area (Å²) < 4.78 is 5.35. The van der Waals surface area contributed by atoms with Crippen molar-refractivity contribution in [2.45, 2.75) is 13.0 Å². The standard InChI is InChI=1S/C20H22N4O/c21-20(14-18-17-8-4-5-9-19(17)25-22-18)24-12-10-23(11-13-24)15-16-6-2-1-3-7-16/h1-9,21H,10-15H2. The molecule has 25 heavy (non-hydrogen) atoms. The molecule has 2 aromatic carbocycles. The van der Waals surface area contributed by atoms with Gasteiger partial charge in [-0.25, -0.2) is 0 Å². The van der Waals surface area contributed by atoms with E-state index >= 15 is 0 Å². The van der Waals surface area contributed by atoms with Crippen LogP contribution in [0, 0.1) is 5.41 Å². The smallest absolute Gasteiger partial charge is 0.167 e. The van der Waals surface area contributed by atoms with Crippen molar-refractivity contribution in [1.29, 1.82) is 5.41 Å². The number of nitrogens with one attached hydrogen (secondary N) is 1. The zero-order valence-electron chi connectivity index (χ0n) is 14.2. The van der Waals surface area contributed by atoms with E-state index in [9.17, 15) is 0 Å². The van der Waals surface area contributed by atoms with E-state index in [-0.39, 0.29) is 0 Å². The molecule has 0 atom stereocenters. The number of fused-ring (bicyclic) bond motifs is 1. The van der Waals surface area contributed by atoms with Crippen molar-refractivity contribution in [1.82, 2.24) is 15.0 Å². The molecule has 0 spiro atoms. The Bertz CT molecular complexity index is 850. The number of rotatable bonds is 4. The van der Waals surface area contributed by atoms with E-state index in [1.807, 2.05) is 24.3 Å². The van der Waals surface area contributed by atoms with Crippen LogP contribution in [0.25, 0.3) is 11.0 Å². The van der Waals surface area contributed by atoms with Crippen LogP contribution in [0.4, 0.5) is 0 Å². The number of hydrogen-bond donors (Lipinski definition) is 1. The lowest BCUT2D eigenvalue weighted by Gasteiger charge is -2.36. The highest BCUT2D eigenvalue weighted by molar-refractivity contribution is 5.87. The van der Waals surface area contributed by atoms with Crippen LogP contribution >= 0.6 is 0 Å². The topological polar surface area (TPSA) is 56.4 Å². The first-order chi connectivity index (χ1) is 12.3. The highest BCUT2D eigenvalue weighted by atomic mass is 16.5. The van der Waals surface area contributed by atoms with Crippen LogP contribution in [0.1, 0.15) is 11.3 Å². The Hall–Kier alpha value is -2.66. The molecule has 2 heterocycles. The molecule has 4 rings (SSSR count). The maximum Gasteiger partial charge on any atom is 0.167 e. The molecule has 5 nitrogen and oxygen atoms in total. The van der Waals surface area contributed by atoms with Crippen LogP contribution in [0.3, 0.4) is 0 Å². The summed E-state index contributed by atoms with van der Waals surface area (Å²) in [4.78, 5) is 4.61. The molecule has 0 radical (unpaired) electrons. The van der Waals surface area contributed by atoms with Gasteiger partial charge in [0.15, 0.2) is 5.58 Å². The van der Waals surface area contributed by atoms with Crippen LogP contribution < -0.4 is 0 Å². The molecular formula is C20H22N4O. The van der Waals surface area contributed by atoms with Crippen molar-refractivity contribution in [2.75, 3.05) is 26.2 Å². The predicted molar refractivity (Wildman–Crippen MR) is 98.7 cm³/mol. The summed E-state index contributed by atoms with van der Waals surface area (Å²) in [6.07, 6.45) is 0.524. The molecule has 0 amide bonds. The third kappa shape index (κ3) is 3.56. The maximum absolute atomic E-state index is 8.45. The molecule has 5 heteroatoms. The predicted octanol–water partition coefficient (Wildman–Crippen LogP) is 3.17. The molecule has 1 aliphatic heterocycles. The van der Waals surface area contributed by atoms with Gasteiger partial charge in [-0.15, -0.1) is 0 Å². The molecule has 128 valence electrons. The Balaban J connectivity index is 1.33. The Morgan fingerprint density at radius 2 is 1.68 bits per heavy atom. The van der Waals surface area contributed by atoms with Gasteiger partial charge in [0.1, 0.15) is 5.84 Å². The van der Waals surface area contributed by atoms with Gasteiger partial charge in [0.05, 0.1) is 12.1 Å². The van der Waals surface area contributed by atoms with E-state index in [4.69, 9.17) is 9.93 Å². The minimum absolute atomic E-state index is 0.524. The summed E-state index contributed by atoms with van der Waals surface area (Å²) in [5, 5.41) is 13.6. The molecule has 1 aliphatic rings. The number of aromatic nitrogens is 1. The summed E-state index contributed by atoms with van der Waals surface area (Å²) in [6.45, 7) is 4.73. The largest absolute Gasteiger partial charge is 0.358 e. The van der Waals surface area contributed by atoms with Gasteiger partial charge in [0, 0.05) is 38.1 Å². The summed E-state index contributed by atoms with van der Waals surface area (Å²) in [7, 11) is 0. The minimum atomic E-state index is 0.524. The van der Waals surface area contributed by atoms with Gasteiger partial charge >= 0.3 is 0 Å². The van der Waals surface area contributed by atoms with Crippen molar-refractivity contribution in [3.63, 3.8) is 0 Å². The zero-order chi connectivity index (χ0) is 17.1. The average molecular weight is 334 g/mol. The van der Waals surface area contributed by atoms with Crippen LogP contribution in [0.2, 0.25) is 0 Å². The fraction of sp³-hybridized carbons (Fsp3) is 0.300. The second kappa shape index (κ2) is 7.07. The minimum Gasteiger partial charge on any atom is -0.358 e. The van der Waals surface area contributed by atoms with Crippen molar-refractivity contribution in [3.05, 3.63) is 65.9 Å². The van der Waals surface area contributed by atoms with Crippen LogP contribution in [0.15, 0.2) is 59.1 Å². The Morgan fingerprint density at radius 3 is 2.48 bits per heavy atom. The summed E-state index contributed by atoms with van der Waals surface area (Å²) in [6, 6.07) is 18.4. The zero-order valence-corrected chi connectivity index (χ0v) is 14.2. The lowest BCUT2D eigenvalue weighted by Crippen LogP contribution is -2.48. The first-order valence-electron chi connectivity index (χ1n) is 8.71. The number of para-hydroxylation sites is 1. The molecule has 0 bridgehead atoms. The number of hydrogen-bond acceptors (Lipinski definition) is 4. The van der Waals surface area contributed by atoms with E-state index in [0.717, 1.165) is 49.4 Å². The molecular weight excluding hydrogens is 312 g/mol. The number of benzene rings is 2. The van der Waals surface area contributed by atoms with Gasteiger partial charge in [0.25, 0.3) is 0 Å². The van der Waals surface area contributed by atoms with Gasteiger partial charge in [-0.3, -0.25) is 10.3 Å². The average Bonchev–Trinajstić information content (AvgIpc) is 3.06. The summed E-state index contributed by atoms with van der Waals surface area (Å²) >= 11 is 0. The molecule has 1 N–H and O–H groups in total. The van der Waals surface area contributed by atoms with Gasteiger partial charge < -0.3 is 9.42 Å². The Kier molecular flexibility index (Phi) is 4.48. The Morgan fingerprint density at radius 1 is 0.960 bits per heavy atom. The monoisotopic (exact) mass is 334 g/mol. The quantitative estimate of drug-likeness (QED) is 0.588. The van der Waals surface area contributed by atoms with Gasteiger partial charge in [-0.2, -0.15) is 0 Å². The molecule has 1 aromatic heterocycles. The number of piperazine rings is 1. The van der Waals surface area contributed by atoms with E-state index in [1.165, 1.54) is 5.56 Å². The fourth-order valence-corrected chi connectivity index (χ4v) is 3.35. The molecule has 0 unspecified atom stereocenters. The lowest BCUT2D eigenvalue weighted by atomic mass is 10.1. The van der Waals surface area contributed by atoms with E-state index in [0.29, 0.717) is 12.3 Å². The first-order valence-corrected chi connectivity index (χ1v) is 8.71. The van der Waals surface area contributed by atoms with Gasteiger partial charge in [-0.05, 0) is 17.7 Å². The second-order valence-corrected chi connectivity index (χ2v) is 6.50.